The Morgan fingerprint density at radius 2 is 1.65 bits per heavy atom. The Kier molecular flexibility index (Phi) is 6.18. The van der Waals surface area contributed by atoms with E-state index in [1.54, 1.807) is 28.6 Å². The van der Waals surface area contributed by atoms with Gasteiger partial charge in [-0.1, -0.05) is 26.7 Å². The highest BCUT2D eigenvalue weighted by Crippen LogP contribution is 2.22. The summed E-state index contributed by atoms with van der Waals surface area (Å²) < 4.78 is 26.9. The van der Waals surface area contributed by atoms with E-state index in [0.29, 0.717) is 30.1 Å². The highest BCUT2D eigenvalue weighted by Gasteiger charge is 2.24. The van der Waals surface area contributed by atoms with Crippen LogP contribution in [-0.2, 0) is 14.8 Å². The second-order valence-corrected chi connectivity index (χ2v) is 8.43. The van der Waals surface area contributed by atoms with Crippen molar-refractivity contribution in [3.63, 3.8) is 0 Å². The van der Waals surface area contributed by atoms with Crippen LogP contribution in [0.3, 0.4) is 0 Å². The van der Waals surface area contributed by atoms with E-state index in [4.69, 9.17) is 0 Å². The largest absolute Gasteiger partial charge is 0.326 e. The topological polar surface area (TPSA) is 66.5 Å². The minimum absolute atomic E-state index is 0.0527. The monoisotopic (exact) mass is 338 g/mol. The fraction of sp³-hybridized carbons (Fsp3) is 0.588. The molecule has 23 heavy (non-hydrogen) atoms. The first-order valence-electron chi connectivity index (χ1n) is 8.29. The molecule has 5 nitrogen and oxygen atoms in total. The van der Waals surface area contributed by atoms with Gasteiger partial charge in [0.15, 0.2) is 0 Å². The van der Waals surface area contributed by atoms with Crippen LogP contribution in [0.25, 0.3) is 0 Å². The van der Waals surface area contributed by atoms with Crippen LogP contribution in [0.5, 0.6) is 0 Å². The molecule has 1 N–H and O–H groups in total. The SMILES string of the molecule is CC(C)CC(=O)Nc1ccc(S(=O)(=O)N2CCCCCC2)cc1. The number of carbonyl (C=O) groups is 1. The lowest BCUT2D eigenvalue weighted by molar-refractivity contribution is -0.116. The minimum atomic E-state index is -3.43. The zero-order chi connectivity index (χ0) is 16.9. The van der Waals surface area contributed by atoms with Gasteiger partial charge in [0.2, 0.25) is 15.9 Å². The molecule has 6 heteroatoms. The van der Waals surface area contributed by atoms with Crippen LogP contribution >= 0.6 is 0 Å². The molecular weight excluding hydrogens is 312 g/mol. The molecule has 0 aromatic heterocycles. The molecule has 0 radical (unpaired) electrons. The molecule has 1 fully saturated rings. The molecule has 0 unspecified atom stereocenters. The number of hydrogen-bond donors (Lipinski definition) is 1. The minimum Gasteiger partial charge on any atom is -0.326 e. The number of nitrogens with zero attached hydrogens (tertiary/aromatic N) is 1. The third-order valence-electron chi connectivity index (χ3n) is 3.93. The van der Waals surface area contributed by atoms with Gasteiger partial charge in [-0.15, -0.1) is 0 Å². The molecule has 0 spiro atoms. The predicted octanol–water partition coefficient (Wildman–Crippen LogP) is 3.24. The number of rotatable bonds is 5. The molecule has 1 aromatic carbocycles. The molecule has 1 aromatic rings. The average molecular weight is 338 g/mol. The van der Waals surface area contributed by atoms with Crippen LogP contribution in [-0.4, -0.2) is 31.7 Å². The Morgan fingerprint density at radius 1 is 1.09 bits per heavy atom. The van der Waals surface area contributed by atoms with Crippen molar-refractivity contribution in [2.75, 3.05) is 18.4 Å². The van der Waals surface area contributed by atoms with Crippen LogP contribution < -0.4 is 5.32 Å². The van der Waals surface area contributed by atoms with Gasteiger partial charge in [0.05, 0.1) is 4.90 Å². The zero-order valence-corrected chi connectivity index (χ0v) is 14.7. The van der Waals surface area contributed by atoms with E-state index >= 15 is 0 Å². The molecule has 1 saturated heterocycles. The lowest BCUT2D eigenvalue weighted by Gasteiger charge is -2.20. The Bertz CT molecular complexity index is 616. The van der Waals surface area contributed by atoms with E-state index in [1.807, 2.05) is 13.8 Å². The van der Waals surface area contributed by atoms with E-state index in [-0.39, 0.29) is 11.8 Å². The molecule has 0 atom stereocenters. The highest BCUT2D eigenvalue weighted by molar-refractivity contribution is 7.89. The number of benzene rings is 1. The molecule has 1 aliphatic heterocycles. The molecule has 0 aliphatic carbocycles. The van der Waals surface area contributed by atoms with E-state index < -0.39 is 10.0 Å². The summed E-state index contributed by atoms with van der Waals surface area (Å²) >= 11 is 0. The van der Waals surface area contributed by atoms with Gasteiger partial charge in [0.1, 0.15) is 0 Å². The third kappa shape index (κ3) is 5.04. The highest BCUT2D eigenvalue weighted by atomic mass is 32.2. The van der Waals surface area contributed by atoms with Gasteiger partial charge in [-0.05, 0) is 43.0 Å². The second kappa shape index (κ2) is 7.93. The fourth-order valence-electron chi connectivity index (χ4n) is 2.72. The zero-order valence-electron chi connectivity index (χ0n) is 13.9. The number of hydrogen-bond acceptors (Lipinski definition) is 3. The smallest absolute Gasteiger partial charge is 0.243 e. The Morgan fingerprint density at radius 3 is 2.17 bits per heavy atom. The Labute approximate surface area is 139 Å². The van der Waals surface area contributed by atoms with Crippen molar-refractivity contribution in [2.24, 2.45) is 5.92 Å². The van der Waals surface area contributed by atoms with E-state index in [0.717, 1.165) is 25.7 Å². The molecule has 1 heterocycles. The van der Waals surface area contributed by atoms with Gasteiger partial charge >= 0.3 is 0 Å². The van der Waals surface area contributed by atoms with Crippen molar-refractivity contribution < 1.29 is 13.2 Å². The number of nitrogens with one attached hydrogen (secondary N) is 1. The molecule has 128 valence electrons. The molecule has 0 saturated carbocycles. The maximum Gasteiger partial charge on any atom is 0.243 e. The van der Waals surface area contributed by atoms with Crippen molar-refractivity contribution in [1.29, 1.82) is 0 Å². The first kappa shape index (κ1) is 17.9. The van der Waals surface area contributed by atoms with Gasteiger partial charge in [0, 0.05) is 25.2 Å². The van der Waals surface area contributed by atoms with E-state index in [1.165, 1.54) is 0 Å². The van der Waals surface area contributed by atoms with Crippen LogP contribution in [0.1, 0.15) is 46.0 Å². The van der Waals surface area contributed by atoms with Crippen molar-refractivity contribution in [2.45, 2.75) is 50.8 Å². The number of anilines is 1. The summed E-state index contributed by atoms with van der Waals surface area (Å²) in [7, 11) is -3.43. The maximum atomic E-state index is 12.7. The third-order valence-corrected chi connectivity index (χ3v) is 5.85. The summed E-state index contributed by atoms with van der Waals surface area (Å²) in [5.74, 6) is 0.237. The number of sulfonamides is 1. The molecule has 2 rings (SSSR count). The number of carbonyl (C=O) groups excluding carboxylic acids is 1. The molecular formula is C17H26N2O3S. The summed E-state index contributed by atoms with van der Waals surface area (Å²) in [6.07, 6.45) is 4.47. The van der Waals surface area contributed by atoms with Crippen molar-refractivity contribution in [1.82, 2.24) is 4.31 Å². The summed E-state index contributed by atoms with van der Waals surface area (Å²) in [6.45, 7) is 5.15. The Hall–Kier alpha value is -1.40. The standard InChI is InChI=1S/C17H26N2O3S/c1-14(2)13-17(20)18-15-7-9-16(10-8-15)23(21,22)19-11-5-3-4-6-12-19/h7-10,14H,3-6,11-13H2,1-2H3,(H,18,20). The summed E-state index contributed by atoms with van der Waals surface area (Å²) in [6, 6.07) is 6.46. The quantitative estimate of drug-likeness (QED) is 0.896. The van der Waals surface area contributed by atoms with Crippen LogP contribution in [0, 0.1) is 5.92 Å². The number of amides is 1. The van der Waals surface area contributed by atoms with E-state index in [9.17, 15) is 13.2 Å². The summed E-state index contributed by atoms with van der Waals surface area (Å²) in [5, 5.41) is 2.79. The lowest BCUT2D eigenvalue weighted by Crippen LogP contribution is -2.31. The summed E-state index contributed by atoms with van der Waals surface area (Å²) in [5.41, 5.74) is 0.630. The fourth-order valence-corrected chi connectivity index (χ4v) is 4.24. The Balaban J connectivity index is 2.07. The van der Waals surface area contributed by atoms with Crippen molar-refractivity contribution in [3.05, 3.63) is 24.3 Å². The second-order valence-electron chi connectivity index (χ2n) is 6.49. The van der Waals surface area contributed by atoms with Gasteiger partial charge in [0.25, 0.3) is 0 Å². The summed E-state index contributed by atoms with van der Waals surface area (Å²) in [4.78, 5) is 12.0. The molecule has 1 amide bonds. The van der Waals surface area contributed by atoms with Gasteiger partial charge in [-0.25, -0.2) is 8.42 Å². The average Bonchev–Trinajstić information content (AvgIpc) is 2.76. The maximum absolute atomic E-state index is 12.7. The predicted molar refractivity (Wildman–Crippen MR) is 91.8 cm³/mol. The van der Waals surface area contributed by atoms with Gasteiger partial charge in [-0.2, -0.15) is 4.31 Å². The first-order valence-corrected chi connectivity index (χ1v) is 9.73. The van der Waals surface area contributed by atoms with Gasteiger partial charge in [-0.3, -0.25) is 4.79 Å². The van der Waals surface area contributed by atoms with Crippen LogP contribution in [0.4, 0.5) is 5.69 Å². The van der Waals surface area contributed by atoms with Gasteiger partial charge < -0.3 is 5.32 Å². The van der Waals surface area contributed by atoms with Crippen LogP contribution in [0.2, 0.25) is 0 Å². The lowest BCUT2D eigenvalue weighted by atomic mass is 10.1. The van der Waals surface area contributed by atoms with E-state index in [2.05, 4.69) is 5.32 Å². The van der Waals surface area contributed by atoms with Crippen LogP contribution in [0.15, 0.2) is 29.2 Å². The first-order chi connectivity index (χ1) is 10.9. The molecule has 1 aliphatic rings. The van der Waals surface area contributed by atoms with Crippen molar-refractivity contribution >= 4 is 21.6 Å². The van der Waals surface area contributed by atoms with Crippen molar-refractivity contribution in [3.8, 4) is 0 Å². The normalized spacial score (nSPS) is 17.0. The molecule has 0 bridgehead atoms.